The van der Waals surface area contributed by atoms with Gasteiger partial charge in [-0.1, -0.05) is 5.16 Å². The lowest BCUT2D eigenvalue weighted by atomic mass is 10.3. The van der Waals surface area contributed by atoms with Crippen molar-refractivity contribution in [3.63, 3.8) is 0 Å². The summed E-state index contributed by atoms with van der Waals surface area (Å²) >= 11 is 5.61. The number of rotatable bonds is 3. The van der Waals surface area contributed by atoms with Crippen LogP contribution in [0.1, 0.15) is 6.92 Å². The van der Waals surface area contributed by atoms with Crippen LogP contribution >= 0.6 is 11.6 Å². The van der Waals surface area contributed by atoms with Gasteiger partial charge in [-0.15, -0.1) is 11.6 Å². The third-order valence-corrected chi connectivity index (χ3v) is 2.14. The zero-order valence-corrected chi connectivity index (χ0v) is 9.68. The maximum absolute atomic E-state index is 11.3. The molecule has 2 aromatic rings. The Bertz CT molecular complexity index is 512. The second kappa shape index (κ2) is 4.92. The number of halogens is 1. The van der Waals surface area contributed by atoms with Crippen molar-refractivity contribution >= 4 is 23.4 Å². The molecule has 0 aromatic carbocycles. The van der Waals surface area contributed by atoms with E-state index in [9.17, 15) is 4.79 Å². The molecule has 0 aliphatic rings. The first kappa shape index (κ1) is 11.5. The van der Waals surface area contributed by atoms with Crippen molar-refractivity contribution in [2.24, 2.45) is 0 Å². The third-order valence-electron chi connectivity index (χ3n) is 1.94. The van der Waals surface area contributed by atoms with Gasteiger partial charge < -0.3 is 4.52 Å². The van der Waals surface area contributed by atoms with Gasteiger partial charge in [-0.2, -0.15) is 0 Å². The minimum absolute atomic E-state index is 0.225. The second-order valence-electron chi connectivity index (χ2n) is 3.27. The normalized spacial score (nSPS) is 12.1. The summed E-state index contributed by atoms with van der Waals surface area (Å²) in [4.78, 5) is 19.3. The van der Waals surface area contributed by atoms with E-state index in [1.165, 1.54) is 0 Å². The fourth-order valence-corrected chi connectivity index (χ4v) is 1.16. The van der Waals surface area contributed by atoms with Gasteiger partial charge in [-0.3, -0.25) is 20.1 Å². The molecule has 1 N–H and O–H groups in total. The Kier molecular flexibility index (Phi) is 3.34. The molecule has 0 saturated carbocycles. The van der Waals surface area contributed by atoms with Crippen molar-refractivity contribution in [3.8, 4) is 11.4 Å². The first-order chi connectivity index (χ1) is 8.16. The van der Waals surface area contributed by atoms with Gasteiger partial charge in [0.25, 0.3) is 0 Å². The number of nitrogens with one attached hydrogen (secondary N) is 1. The fourth-order valence-electron chi connectivity index (χ4n) is 1.11. The van der Waals surface area contributed by atoms with Gasteiger partial charge in [0.15, 0.2) is 0 Å². The summed E-state index contributed by atoms with van der Waals surface area (Å²) < 4.78 is 4.93. The van der Waals surface area contributed by atoms with Crippen molar-refractivity contribution in [3.05, 3.63) is 24.7 Å². The number of hydrogen-bond acceptors (Lipinski definition) is 5. The van der Waals surface area contributed by atoms with Crippen LogP contribution in [0.25, 0.3) is 11.4 Å². The molecule has 0 bridgehead atoms. The van der Waals surface area contributed by atoms with Crippen LogP contribution in [0.4, 0.5) is 5.88 Å². The first-order valence-electron chi connectivity index (χ1n) is 4.85. The van der Waals surface area contributed by atoms with E-state index < -0.39 is 5.38 Å². The van der Waals surface area contributed by atoms with Crippen LogP contribution in [0.3, 0.4) is 0 Å². The van der Waals surface area contributed by atoms with Gasteiger partial charge in [-0.25, -0.2) is 0 Å². The lowest BCUT2D eigenvalue weighted by molar-refractivity contribution is -0.115. The van der Waals surface area contributed by atoms with Crippen molar-refractivity contribution in [1.29, 1.82) is 0 Å². The lowest BCUT2D eigenvalue weighted by Crippen LogP contribution is -2.19. The summed E-state index contributed by atoms with van der Waals surface area (Å²) in [6.07, 6.45) is 4.65. The highest BCUT2D eigenvalue weighted by molar-refractivity contribution is 6.32. The topological polar surface area (TPSA) is 80.9 Å². The number of carbonyl (C=O) groups excluding carboxylic acids is 1. The molecule has 7 heteroatoms. The van der Waals surface area contributed by atoms with E-state index in [0.29, 0.717) is 11.4 Å². The quantitative estimate of drug-likeness (QED) is 0.841. The van der Waals surface area contributed by atoms with Gasteiger partial charge in [-0.05, 0) is 6.92 Å². The average molecular weight is 253 g/mol. The monoisotopic (exact) mass is 252 g/mol. The second-order valence-corrected chi connectivity index (χ2v) is 3.93. The summed E-state index contributed by atoms with van der Waals surface area (Å²) in [7, 11) is 0. The van der Waals surface area contributed by atoms with Crippen molar-refractivity contribution in [2.75, 3.05) is 5.32 Å². The molecule has 2 heterocycles. The summed E-state index contributed by atoms with van der Waals surface area (Å²) in [6.45, 7) is 1.57. The maximum Gasteiger partial charge on any atom is 0.244 e. The Hall–Kier alpha value is -1.95. The van der Waals surface area contributed by atoms with Gasteiger partial charge in [0.05, 0.1) is 6.20 Å². The molecule has 6 nitrogen and oxygen atoms in total. The van der Waals surface area contributed by atoms with Gasteiger partial charge in [0.1, 0.15) is 16.8 Å². The molecule has 0 aliphatic heterocycles. The van der Waals surface area contributed by atoms with Crippen LogP contribution in [0, 0.1) is 0 Å². The predicted molar refractivity (Wildman–Crippen MR) is 61.5 cm³/mol. The highest BCUT2D eigenvalue weighted by Gasteiger charge is 2.13. The Morgan fingerprint density at radius 3 is 2.94 bits per heavy atom. The Morgan fingerprint density at radius 2 is 2.29 bits per heavy atom. The number of amides is 1. The van der Waals surface area contributed by atoms with Crippen molar-refractivity contribution in [1.82, 2.24) is 15.1 Å². The predicted octanol–water partition coefficient (Wildman–Crippen LogP) is 1.70. The third kappa shape index (κ3) is 2.79. The Morgan fingerprint density at radius 1 is 1.47 bits per heavy atom. The van der Waals surface area contributed by atoms with Crippen LogP contribution in [0.2, 0.25) is 0 Å². The maximum atomic E-state index is 11.3. The largest absolute Gasteiger partial charge is 0.338 e. The minimum atomic E-state index is -0.639. The highest BCUT2D eigenvalue weighted by Crippen LogP contribution is 2.18. The fraction of sp³-hybridized carbons (Fsp3) is 0.200. The highest BCUT2D eigenvalue weighted by atomic mass is 35.5. The van der Waals surface area contributed by atoms with Gasteiger partial charge in [0, 0.05) is 18.5 Å². The van der Waals surface area contributed by atoms with Crippen molar-refractivity contribution in [2.45, 2.75) is 12.3 Å². The van der Waals surface area contributed by atoms with Gasteiger partial charge >= 0.3 is 0 Å². The molecule has 0 spiro atoms. The van der Waals surface area contributed by atoms with Crippen LogP contribution in [-0.2, 0) is 4.79 Å². The lowest BCUT2D eigenvalue weighted by Gasteiger charge is -2.00. The number of aromatic nitrogens is 3. The molecule has 0 fully saturated rings. The standard InChI is InChI=1S/C10H9ClN4O2/c1-6(11)10(16)14-9-4-7(15-17-9)8-5-12-2-3-13-8/h2-6H,1H3,(H,14,16)/t6-/m1/s1. The summed E-state index contributed by atoms with van der Waals surface area (Å²) in [5, 5.41) is 5.61. The number of carbonyl (C=O) groups is 1. The molecule has 2 rings (SSSR count). The molecule has 88 valence electrons. The number of anilines is 1. The summed E-state index contributed by atoms with van der Waals surface area (Å²) in [5.41, 5.74) is 1.06. The SMILES string of the molecule is C[C@@H](Cl)C(=O)Nc1cc(-c2cnccn2)no1. The van der Waals surface area contributed by atoms with Crippen LogP contribution in [0.5, 0.6) is 0 Å². The van der Waals surface area contributed by atoms with E-state index >= 15 is 0 Å². The van der Waals surface area contributed by atoms with Gasteiger partial charge in [0.2, 0.25) is 11.8 Å². The van der Waals surface area contributed by atoms with Crippen LogP contribution in [0.15, 0.2) is 29.2 Å². The minimum Gasteiger partial charge on any atom is -0.338 e. The van der Waals surface area contributed by atoms with E-state index in [1.807, 2.05) is 0 Å². The van der Waals surface area contributed by atoms with E-state index in [4.69, 9.17) is 16.1 Å². The number of hydrogen-bond donors (Lipinski definition) is 1. The van der Waals surface area contributed by atoms with Crippen molar-refractivity contribution < 1.29 is 9.32 Å². The molecule has 0 radical (unpaired) electrons. The molecule has 0 saturated heterocycles. The zero-order chi connectivity index (χ0) is 12.3. The van der Waals surface area contributed by atoms with Crippen LogP contribution in [-0.4, -0.2) is 26.4 Å². The molecule has 17 heavy (non-hydrogen) atoms. The van der Waals surface area contributed by atoms with Crippen LogP contribution < -0.4 is 5.32 Å². The van der Waals surface area contributed by atoms with E-state index in [-0.39, 0.29) is 11.8 Å². The molecular weight excluding hydrogens is 244 g/mol. The average Bonchev–Trinajstić information content (AvgIpc) is 2.78. The van der Waals surface area contributed by atoms with E-state index in [1.54, 1.807) is 31.6 Å². The molecular formula is C10H9ClN4O2. The Balaban J connectivity index is 2.14. The number of nitrogens with zero attached hydrogens (tertiary/aromatic N) is 3. The van der Waals surface area contributed by atoms with E-state index in [2.05, 4.69) is 20.4 Å². The number of alkyl halides is 1. The summed E-state index contributed by atoms with van der Waals surface area (Å²) in [5.74, 6) is -0.128. The molecule has 1 atom stereocenters. The zero-order valence-electron chi connectivity index (χ0n) is 8.92. The first-order valence-corrected chi connectivity index (χ1v) is 5.28. The molecule has 1 amide bonds. The smallest absolute Gasteiger partial charge is 0.244 e. The molecule has 0 unspecified atom stereocenters. The van der Waals surface area contributed by atoms with E-state index in [0.717, 1.165) is 0 Å². The molecule has 0 aliphatic carbocycles. The Labute approximate surface area is 102 Å². The summed E-state index contributed by atoms with van der Waals surface area (Å²) in [6, 6.07) is 1.56. The molecule has 2 aromatic heterocycles.